The number of benzene rings is 2. The molecule has 1 aliphatic rings. The van der Waals surface area contributed by atoms with Crippen molar-refractivity contribution in [3.63, 3.8) is 0 Å². The number of hydrogen-bond acceptors (Lipinski definition) is 4. The van der Waals surface area contributed by atoms with Crippen molar-refractivity contribution in [1.82, 2.24) is 16.0 Å². The van der Waals surface area contributed by atoms with Crippen molar-refractivity contribution in [3.8, 4) is 11.5 Å². The van der Waals surface area contributed by atoms with E-state index in [2.05, 4.69) is 16.0 Å². The van der Waals surface area contributed by atoms with E-state index in [0.717, 1.165) is 29.0 Å². The molecule has 0 bridgehead atoms. The van der Waals surface area contributed by atoms with Crippen LogP contribution >= 0.6 is 0 Å². The predicted molar refractivity (Wildman–Crippen MR) is 105 cm³/mol. The minimum atomic E-state index is -0.363. The average Bonchev–Trinajstić information content (AvgIpc) is 2.75. The van der Waals surface area contributed by atoms with Crippen LogP contribution in [0.25, 0.3) is 0 Å². The topological polar surface area (TPSA) is 88.7 Å². The van der Waals surface area contributed by atoms with Gasteiger partial charge in [-0.1, -0.05) is 30.3 Å². The van der Waals surface area contributed by atoms with Gasteiger partial charge in [0.05, 0.1) is 20.3 Å². The summed E-state index contributed by atoms with van der Waals surface area (Å²) < 4.78 is 10.8. The standard InChI is InChI=1S/C21H25N3O4/c1-27-18-8-6-15(7-9-18)11-22-20(25)13-24-21(26)23-12-16-10-17-4-2-3-5-19(17)28-14-16/h2-9,16H,10-14H2,1H3,(H,22,25)(H2,23,24,26). The molecule has 0 saturated heterocycles. The third kappa shape index (κ3) is 5.64. The third-order valence-corrected chi connectivity index (χ3v) is 4.57. The number of amides is 3. The van der Waals surface area contributed by atoms with Crippen LogP contribution in [0.5, 0.6) is 11.5 Å². The Labute approximate surface area is 164 Å². The van der Waals surface area contributed by atoms with Crippen LogP contribution in [-0.4, -0.2) is 38.7 Å². The maximum absolute atomic E-state index is 11.9. The largest absolute Gasteiger partial charge is 0.497 e. The van der Waals surface area contributed by atoms with E-state index in [0.29, 0.717) is 19.7 Å². The first kappa shape index (κ1) is 19.5. The Balaban J connectivity index is 1.32. The van der Waals surface area contributed by atoms with Crippen LogP contribution in [0.15, 0.2) is 48.5 Å². The van der Waals surface area contributed by atoms with E-state index in [4.69, 9.17) is 9.47 Å². The van der Waals surface area contributed by atoms with Crippen molar-refractivity contribution in [2.45, 2.75) is 13.0 Å². The Bertz CT molecular complexity index is 808. The fraction of sp³-hybridized carbons (Fsp3) is 0.333. The SMILES string of the molecule is COc1ccc(CNC(=O)CNC(=O)NCC2COc3ccccc3C2)cc1. The number of rotatable bonds is 7. The first-order chi connectivity index (χ1) is 13.6. The number of methoxy groups -OCH3 is 1. The lowest BCUT2D eigenvalue weighted by Crippen LogP contribution is -2.44. The molecule has 0 saturated carbocycles. The summed E-state index contributed by atoms with van der Waals surface area (Å²) in [6.45, 7) is 1.38. The number of fused-ring (bicyclic) bond motifs is 1. The molecular formula is C21H25N3O4. The molecule has 0 fully saturated rings. The molecule has 0 radical (unpaired) electrons. The number of ether oxygens (including phenoxy) is 2. The monoisotopic (exact) mass is 383 g/mol. The normalized spacial score (nSPS) is 15.0. The van der Waals surface area contributed by atoms with Crippen LogP contribution in [0.3, 0.4) is 0 Å². The number of carbonyl (C=O) groups is 2. The predicted octanol–water partition coefficient (Wildman–Crippen LogP) is 1.86. The van der Waals surface area contributed by atoms with Gasteiger partial charge in [-0.25, -0.2) is 4.79 Å². The summed E-state index contributed by atoms with van der Waals surface area (Å²) in [6, 6.07) is 15.0. The van der Waals surface area contributed by atoms with E-state index in [9.17, 15) is 9.59 Å². The molecular weight excluding hydrogens is 358 g/mol. The van der Waals surface area contributed by atoms with Crippen LogP contribution in [0, 0.1) is 5.92 Å². The maximum atomic E-state index is 11.9. The molecule has 2 aromatic carbocycles. The van der Waals surface area contributed by atoms with E-state index >= 15 is 0 Å². The van der Waals surface area contributed by atoms with Crippen molar-refractivity contribution in [2.24, 2.45) is 5.92 Å². The Morgan fingerprint density at radius 3 is 2.64 bits per heavy atom. The molecule has 1 atom stereocenters. The van der Waals surface area contributed by atoms with Crippen LogP contribution in [0.4, 0.5) is 4.79 Å². The average molecular weight is 383 g/mol. The molecule has 3 N–H and O–H groups in total. The highest BCUT2D eigenvalue weighted by atomic mass is 16.5. The number of para-hydroxylation sites is 1. The second-order valence-corrected chi connectivity index (χ2v) is 6.68. The molecule has 1 unspecified atom stereocenters. The summed E-state index contributed by atoms with van der Waals surface area (Å²) in [4.78, 5) is 23.8. The van der Waals surface area contributed by atoms with Crippen LogP contribution in [0.1, 0.15) is 11.1 Å². The van der Waals surface area contributed by atoms with E-state index < -0.39 is 0 Å². The summed E-state index contributed by atoms with van der Waals surface area (Å²) in [5.74, 6) is 1.64. The molecule has 1 aliphatic heterocycles. The minimum Gasteiger partial charge on any atom is -0.497 e. The number of nitrogens with one attached hydrogen (secondary N) is 3. The van der Waals surface area contributed by atoms with E-state index in [-0.39, 0.29) is 24.4 Å². The molecule has 3 rings (SSSR count). The van der Waals surface area contributed by atoms with E-state index in [1.165, 1.54) is 0 Å². The van der Waals surface area contributed by atoms with Gasteiger partial charge >= 0.3 is 6.03 Å². The van der Waals surface area contributed by atoms with Gasteiger partial charge in [0.1, 0.15) is 11.5 Å². The number of hydrogen-bond donors (Lipinski definition) is 3. The third-order valence-electron chi connectivity index (χ3n) is 4.57. The number of urea groups is 1. The summed E-state index contributed by atoms with van der Waals surface area (Å²) in [5.41, 5.74) is 2.11. The molecule has 0 aromatic heterocycles. The van der Waals surface area contributed by atoms with Gasteiger partial charge in [0.25, 0.3) is 0 Å². The molecule has 7 heteroatoms. The van der Waals surface area contributed by atoms with Gasteiger partial charge in [0.2, 0.25) is 5.91 Å². The van der Waals surface area contributed by atoms with Crippen molar-refractivity contribution >= 4 is 11.9 Å². The van der Waals surface area contributed by atoms with Crippen LogP contribution < -0.4 is 25.4 Å². The molecule has 7 nitrogen and oxygen atoms in total. The Kier molecular flexibility index (Phi) is 6.73. The minimum absolute atomic E-state index is 0.0774. The highest BCUT2D eigenvalue weighted by Gasteiger charge is 2.20. The lowest BCUT2D eigenvalue weighted by molar-refractivity contribution is -0.120. The molecule has 0 aliphatic carbocycles. The van der Waals surface area contributed by atoms with Gasteiger partial charge in [-0.05, 0) is 35.7 Å². The van der Waals surface area contributed by atoms with Gasteiger partial charge in [-0.2, -0.15) is 0 Å². The van der Waals surface area contributed by atoms with Crippen molar-refractivity contribution in [2.75, 3.05) is 26.8 Å². The highest BCUT2D eigenvalue weighted by molar-refractivity contribution is 5.83. The number of carbonyl (C=O) groups excluding carboxylic acids is 2. The second-order valence-electron chi connectivity index (χ2n) is 6.68. The first-order valence-corrected chi connectivity index (χ1v) is 9.26. The van der Waals surface area contributed by atoms with Gasteiger partial charge in [-0.3, -0.25) is 4.79 Å². The van der Waals surface area contributed by atoms with Crippen LogP contribution in [-0.2, 0) is 17.8 Å². The zero-order valence-electron chi connectivity index (χ0n) is 15.9. The van der Waals surface area contributed by atoms with Gasteiger partial charge < -0.3 is 25.4 Å². The van der Waals surface area contributed by atoms with Crippen molar-refractivity contribution < 1.29 is 19.1 Å². The zero-order chi connectivity index (χ0) is 19.8. The van der Waals surface area contributed by atoms with Crippen molar-refractivity contribution in [1.29, 1.82) is 0 Å². The van der Waals surface area contributed by atoms with Crippen LogP contribution in [0.2, 0.25) is 0 Å². The van der Waals surface area contributed by atoms with Crippen molar-refractivity contribution in [3.05, 3.63) is 59.7 Å². The molecule has 2 aromatic rings. The quantitative estimate of drug-likeness (QED) is 0.681. The highest BCUT2D eigenvalue weighted by Crippen LogP contribution is 2.26. The zero-order valence-corrected chi connectivity index (χ0v) is 15.9. The summed E-state index contributed by atoms with van der Waals surface area (Å²) in [5, 5.41) is 8.14. The maximum Gasteiger partial charge on any atom is 0.315 e. The Hall–Kier alpha value is -3.22. The lowest BCUT2D eigenvalue weighted by atomic mass is 9.97. The molecule has 0 spiro atoms. The fourth-order valence-corrected chi connectivity index (χ4v) is 2.99. The van der Waals surface area contributed by atoms with Gasteiger partial charge in [0.15, 0.2) is 0 Å². The smallest absolute Gasteiger partial charge is 0.315 e. The van der Waals surface area contributed by atoms with E-state index in [1.807, 2.05) is 48.5 Å². The molecule has 28 heavy (non-hydrogen) atoms. The fourth-order valence-electron chi connectivity index (χ4n) is 2.99. The Morgan fingerprint density at radius 1 is 1.07 bits per heavy atom. The van der Waals surface area contributed by atoms with Gasteiger partial charge in [-0.15, -0.1) is 0 Å². The van der Waals surface area contributed by atoms with Gasteiger partial charge in [0, 0.05) is 19.0 Å². The van der Waals surface area contributed by atoms with E-state index in [1.54, 1.807) is 7.11 Å². The summed E-state index contributed by atoms with van der Waals surface area (Å²) in [6.07, 6.45) is 0.860. The molecule has 1 heterocycles. The second kappa shape index (κ2) is 9.64. The molecule has 3 amide bonds. The lowest BCUT2D eigenvalue weighted by Gasteiger charge is -2.25. The molecule has 148 valence electrons. The Morgan fingerprint density at radius 2 is 1.86 bits per heavy atom. The summed E-state index contributed by atoms with van der Waals surface area (Å²) >= 11 is 0. The summed E-state index contributed by atoms with van der Waals surface area (Å²) in [7, 11) is 1.60. The first-order valence-electron chi connectivity index (χ1n) is 9.26.